The number of nitrogens with zero attached hydrogens (tertiary/aromatic N) is 2. The summed E-state index contributed by atoms with van der Waals surface area (Å²) in [7, 11) is 3.41. The minimum atomic E-state index is -0.271. The lowest BCUT2D eigenvalue weighted by atomic mass is 10.2. The molecule has 0 radical (unpaired) electrons. The number of hydrogen-bond acceptors (Lipinski definition) is 2. The molecule has 2 rings (SSSR count). The molecule has 0 saturated carbocycles. The van der Waals surface area contributed by atoms with Gasteiger partial charge in [0.05, 0.1) is 13.1 Å². The van der Waals surface area contributed by atoms with E-state index in [4.69, 9.17) is 0 Å². The number of hydrogen-bond donors (Lipinski definition) is 2. The Morgan fingerprint density at radius 1 is 1.04 bits per heavy atom. The van der Waals surface area contributed by atoms with Crippen molar-refractivity contribution >= 4 is 27.8 Å². The fourth-order valence-corrected chi connectivity index (χ4v) is 2.30. The summed E-state index contributed by atoms with van der Waals surface area (Å²) in [6, 6.07) is 14.1. The van der Waals surface area contributed by atoms with E-state index in [1.165, 1.54) is 17.0 Å². The molecule has 0 bridgehead atoms. The Hall–Kier alpha value is -2.41. The predicted octanol–water partition coefficient (Wildman–Crippen LogP) is 2.91. The fourth-order valence-electron chi connectivity index (χ4n) is 2.04. The minimum absolute atomic E-state index is 0.0510. The zero-order valence-corrected chi connectivity index (χ0v) is 16.4. The molecule has 2 N–H and O–H groups in total. The van der Waals surface area contributed by atoms with E-state index in [1.807, 2.05) is 24.3 Å². The van der Waals surface area contributed by atoms with Gasteiger partial charge in [0.2, 0.25) is 5.91 Å². The van der Waals surface area contributed by atoms with Crippen molar-refractivity contribution in [2.24, 2.45) is 4.99 Å². The van der Waals surface area contributed by atoms with Gasteiger partial charge in [-0.25, -0.2) is 9.38 Å². The minimum Gasteiger partial charge on any atom is -0.352 e. The highest BCUT2D eigenvalue weighted by molar-refractivity contribution is 9.10. The Balaban J connectivity index is 2.01. The fraction of sp³-hybridized carbons (Fsp3) is 0.263. The molecule has 2 aromatic rings. The molecule has 0 aliphatic carbocycles. The number of rotatable bonds is 6. The maximum Gasteiger partial charge on any atom is 0.241 e. The highest BCUT2D eigenvalue weighted by Gasteiger charge is 2.06. The van der Waals surface area contributed by atoms with Crippen molar-refractivity contribution in [2.45, 2.75) is 13.1 Å². The molecule has 138 valence electrons. The summed E-state index contributed by atoms with van der Waals surface area (Å²) in [6.07, 6.45) is 0. The van der Waals surface area contributed by atoms with Crippen LogP contribution in [0.4, 0.5) is 4.39 Å². The molecule has 0 unspecified atom stereocenters. The van der Waals surface area contributed by atoms with Gasteiger partial charge < -0.3 is 15.5 Å². The smallest absolute Gasteiger partial charge is 0.241 e. The van der Waals surface area contributed by atoms with Crippen LogP contribution < -0.4 is 10.6 Å². The van der Waals surface area contributed by atoms with Gasteiger partial charge in [-0.05, 0) is 35.4 Å². The second-order valence-corrected chi connectivity index (χ2v) is 6.83. The van der Waals surface area contributed by atoms with E-state index in [2.05, 4.69) is 31.6 Å². The first kappa shape index (κ1) is 19.9. The molecule has 0 atom stereocenters. The molecule has 0 heterocycles. The summed E-state index contributed by atoms with van der Waals surface area (Å²) < 4.78 is 14.0. The average Bonchev–Trinajstić information content (AvgIpc) is 2.63. The molecular weight excluding hydrogens is 399 g/mol. The molecule has 2 aromatic carbocycles. The van der Waals surface area contributed by atoms with Gasteiger partial charge in [-0.3, -0.25) is 4.79 Å². The van der Waals surface area contributed by atoms with Crippen molar-refractivity contribution in [3.05, 3.63) is 69.9 Å². The van der Waals surface area contributed by atoms with E-state index in [1.54, 1.807) is 26.2 Å². The summed E-state index contributed by atoms with van der Waals surface area (Å²) in [5, 5.41) is 6.20. The quantitative estimate of drug-likeness (QED) is 0.557. The lowest BCUT2D eigenvalue weighted by Gasteiger charge is -2.15. The molecule has 26 heavy (non-hydrogen) atoms. The summed E-state index contributed by atoms with van der Waals surface area (Å²) in [6.45, 7) is 1.09. The number of carbonyl (C=O) groups is 1. The first-order valence-corrected chi connectivity index (χ1v) is 8.94. The van der Waals surface area contributed by atoms with Crippen LogP contribution in [-0.4, -0.2) is 37.4 Å². The van der Waals surface area contributed by atoms with E-state index >= 15 is 0 Å². The molecule has 0 spiro atoms. The van der Waals surface area contributed by atoms with Crippen molar-refractivity contribution in [3.63, 3.8) is 0 Å². The zero-order valence-electron chi connectivity index (χ0n) is 14.8. The third kappa shape index (κ3) is 6.84. The lowest BCUT2D eigenvalue weighted by Crippen LogP contribution is -2.42. The van der Waals surface area contributed by atoms with E-state index < -0.39 is 0 Å². The van der Waals surface area contributed by atoms with Crippen molar-refractivity contribution in [1.29, 1.82) is 0 Å². The van der Waals surface area contributed by atoms with Gasteiger partial charge in [-0.15, -0.1) is 0 Å². The SMILES string of the molecule is CN(C)C(=O)CNC(=NCc1ccc(Br)cc1)NCc1ccc(F)cc1. The Morgan fingerprint density at radius 3 is 2.27 bits per heavy atom. The van der Waals surface area contributed by atoms with E-state index in [9.17, 15) is 9.18 Å². The highest BCUT2D eigenvalue weighted by atomic mass is 79.9. The molecular formula is C19H22BrFN4O. The molecule has 0 aromatic heterocycles. The third-order valence-corrected chi connectivity index (χ3v) is 4.14. The van der Waals surface area contributed by atoms with E-state index in [0.29, 0.717) is 19.0 Å². The standard InChI is InChI=1S/C19H22BrFN4O/c1-25(2)18(26)13-24-19(22-11-14-3-7-16(20)8-4-14)23-12-15-5-9-17(21)10-6-15/h3-10H,11-13H2,1-2H3,(H2,22,23,24). The first-order valence-electron chi connectivity index (χ1n) is 8.15. The number of carbonyl (C=O) groups excluding carboxylic acids is 1. The van der Waals surface area contributed by atoms with Gasteiger partial charge in [-0.2, -0.15) is 0 Å². The normalized spacial score (nSPS) is 11.2. The average molecular weight is 421 g/mol. The second kappa shape index (κ2) is 9.91. The van der Waals surface area contributed by atoms with Crippen LogP contribution in [0, 0.1) is 5.82 Å². The molecule has 0 saturated heterocycles. The molecule has 7 heteroatoms. The zero-order chi connectivity index (χ0) is 18.9. The van der Waals surface area contributed by atoms with Crippen molar-refractivity contribution in [3.8, 4) is 0 Å². The van der Waals surface area contributed by atoms with Gasteiger partial charge in [0.15, 0.2) is 5.96 Å². The first-order chi connectivity index (χ1) is 12.4. The maximum atomic E-state index is 13.0. The van der Waals surface area contributed by atoms with Gasteiger partial charge in [-0.1, -0.05) is 40.2 Å². The van der Waals surface area contributed by atoms with Crippen molar-refractivity contribution in [2.75, 3.05) is 20.6 Å². The van der Waals surface area contributed by atoms with Gasteiger partial charge in [0, 0.05) is 25.1 Å². The largest absolute Gasteiger partial charge is 0.352 e. The lowest BCUT2D eigenvalue weighted by molar-refractivity contribution is -0.127. The van der Waals surface area contributed by atoms with Crippen LogP contribution in [0.25, 0.3) is 0 Å². The van der Waals surface area contributed by atoms with Crippen LogP contribution >= 0.6 is 15.9 Å². The topological polar surface area (TPSA) is 56.7 Å². The van der Waals surface area contributed by atoms with Gasteiger partial charge >= 0.3 is 0 Å². The van der Waals surface area contributed by atoms with Crippen LogP contribution in [0.3, 0.4) is 0 Å². The molecule has 1 amide bonds. The Kier molecular flexibility index (Phi) is 7.59. The monoisotopic (exact) mass is 420 g/mol. The number of benzene rings is 2. The Labute approximate surface area is 161 Å². The van der Waals surface area contributed by atoms with Gasteiger partial charge in [0.25, 0.3) is 0 Å². The van der Waals surface area contributed by atoms with Crippen molar-refractivity contribution < 1.29 is 9.18 Å². The predicted molar refractivity (Wildman–Crippen MR) is 105 cm³/mol. The summed E-state index contributed by atoms with van der Waals surface area (Å²) in [5.41, 5.74) is 1.97. The molecule has 5 nitrogen and oxygen atoms in total. The van der Waals surface area contributed by atoms with Crippen LogP contribution in [0.15, 0.2) is 58.0 Å². The number of halogens is 2. The summed E-state index contributed by atoms with van der Waals surface area (Å²) in [5.74, 6) is 0.199. The molecule has 0 aliphatic heterocycles. The van der Waals surface area contributed by atoms with Crippen LogP contribution in [0.2, 0.25) is 0 Å². The third-order valence-electron chi connectivity index (χ3n) is 3.61. The van der Waals surface area contributed by atoms with Crippen LogP contribution in [0.5, 0.6) is 0 Å². The second-order valence-electron chi connectivity index (χ2n) is 5.91. The number of aliphatic imine (C=N–C) groups is 1. The number of guanidine groups is 1. The number of nitrogens with one attached hydrogen (secondary N) is 2. The van der Waals surface area contributed by atoms with Gasteiger partial charge in [0.1, 0.15) is 5.82 Å². The van der Waals surface area contributed by atoms with E-state index in [-0.39, 0.29) is 18.3 Å². The van der Waals surface area contributed by atoms with Crippen LogP contribution in [0.1, 0.15) is 11.1 Å². The number of amides is 1. The van der Waals surface area contributed by atoms with Crippen LogP contribution in [-0.2, 0) is 17.9 Å². The molecule has 0 aliphatic rings. The Bertz CT molecular complexity index is 745. The summed E-state index contributed by atoms with van der Waals surface area (Å²) in [4.78, 5) is 17.8. The number of likely N-dealkylation sites (N-methyl/N-ethyl adjacent to an activating group) is 1. The highest BCUT2D eigenvalue weighted by Crippen LogP contribution is 2.11. The Morgan fingerprint density at radius 2 is 1.65 bits per heavy atom. The molecule has 0 fully saturated rings. The maximum absolute atomic E-state index is 13.0. The van der Waals surface area contributed by atoms with Crippen molar-refractivity contribution in [1.82, 2.24) is 15.5 Å². The van der Waals surface area contributed by atoms with E-state index in [0.717, 1.165) is 15.6 Å². The summed E-state index contributed by atoms with van der Waals surface area (Å²) >= 11 is 3.41.